The second-order valence-electron chi connectivity index (χ2n) is 6.48. The first-order valence-corrected chi connectivity index (χ1v) is 8.25. The highest BCUT2D eigenvalue weighted by atomic mass is 16.4. The largest absolute Gasteiger partial charge is 0.398 e. The molecule has 11 nitrogen and oxygen atoms in total. The summed E-state index contributed by atoms with van der Waals surface area (Å²) < 4.78 is 0. The zero-order valence-corrected chi connectivity index (χ0v) is 14.5. The van der Waals surface area contributed by atoms with Crippen molar-refractivity contribution in [1.29, 1.82) is 0 Å². The van der Waals surface area contributed by atoms with Crippen molar-refractivity contribution >= 4 is 34.7 Å². The van der Waals surface area contributed by atoms with Crippen LogP contribution in [0.3, 0.4) is 0 Å². The second-order valence-corrected chi connectivity index (χ2v) is 6.48. The van der Waals surface area contributed by atoms with Gasteiger partial charge in [0.1, 0.15) is 24.0 Å². The van der Waals surface area contributed by atoms with Crippen molar-refractivity contribution in [3.63, 3.8) is 0 Å². The Kier molecular flexibility index (Phi) is 5.02. The molecule has 2 heterocycles. The minimum absolute atomic E-state index is 0.00988. The average molecular weight is 379 g/mol. The van der Waals surface area contributed by atoms with Gasteiger partial charge < -0.3 is 36.4 Å². The fraction of sp³-hybridized carbons (Fsp3) is 0.438. The molecular formula is C16H21N5O6. The molecule has 27 heavy (non-hydrogen) atoms. The number of hydrogen-bond donors (Lipinski definition) is 7. The normalized spacial score (nSPS) is 22.0. The molecule has 2 aliphatic rings. The first kappa shape index (κ1) is 19.0. The summed E-state index contributed by atoms with van der Waals surface area (Å²) in [4.78, 5) is 29.7. The number of urea groups is 1. The number of nitrogens with two attached hydrogens (primary N) is 1. The van der Waals surface area contributed by atoms with E-state index in [1.54, 1.807) is 19.1 Å². The standard InChI is InChI=1S/C16H21N5O6/c1-6-2-8-9(3-7(6)17)21(4-10(23)13(25)11(24)5-22)14-12(18-8)15(26)20-16(27)19-14/h2-3,10-11,13-14,22-25H,4-5,17H2,1H3,(H2,19,20,26,27)/t10-,11+,13-,14?/m0/s1. The molecule has 11 heteroatoms. The van der Waals surface area contributed by atoms with Gasteiger partial charge in [0.2, 0.25) is 0 Å². The van der Waals surface area contributed by atoms with Crippen molar-refractivity contribution < 1.29 is 30.0 Å². The van der Waals surface area contributed by atoms with E-state index in [1.807, 2.05) is 0 Å². The van der Waals surface area contributed by atoms with Crippen LogP contribution in [0.2, 0.25) is 0 Å². The molecule has 1 unspecified atom stereocenters. The Bertz CT molecular complexity index is 813. The number of aliphatic imine (C=N–C) groups is 1. The number of benzene rings is 1. The number of anilines is 2. The summed E-state index contributed by atoms with van der Waals surface area (Å²) >= 11 is 0. The smallest absolute Gasteiger partial charge is 0.323 e. The summed E-state index contributed by atoms with van der Waals surface area (Å²) in [5, 5.41) is 43.4. The third-order valence-electron chi connectivity index (χ3n) is 4.57. The number of amides is 3. The van der Waals surface area contributed by atoms with Crippen molar-refractivity contribution in [2.24, 2.45) is 4.99 Å². The number of nitrogen functional groups attached to an aromatic ring is 1. The summed E-state index contributed by atoms with van der Waals surface area (Å²) in [7, 11) is 0. The third-order valence-corrected chi connectivity index (χ3v) is 4.57. The van der Waals surface area contributed by atoms with Crippen molar-refractivity contribution in [3.8, 4) is 0 Å². The van der Waals surface area contributed by atoms with Crippen molar-refractivity contribution in [1.82, 2.24) is 10.6 Å². The van der Waals surface area contributed by atoms with E-state index in [9.17, 15) is 24.9 Å². The summed E-state index contributed by atoms with van der Waals surface area (Å²) in [6.45, 7) is 0.756. The van der Waals surface area contributed by atoms with Crippen LogP contribution in [0.5, 0.6) is 0 Å². The van der Waals surface area contributed by atoms with Gasteiger partial charge in [-0.3, -0.25) is 10.1 Å². The lowest BCUT2D eigenvalue weighted by Crippen LogP contribution is -2.67. The topological polar surface area (TPSA) is 181 Å². The first-order chi connectivity index (χ1) is 12.7. The fourth-order valence-electron chi connectivity index (χ4n) is 3.02. The molecular weight excluding hydrogens is 358 g/mol. The molecule has 1 fully saturated rings. The van der Waals surface area contributed by atoms with Crippen LogP contribution in [-0.2, 0) is 4.79 Å². The maximum Gasteiger partial charge on any atom is 0.323 e. The Morgan fingerprint density at radius 2 is 1.96 bits per heavy atom. The number of β-amino-alcohol motifs (C(OH)–C–C–N with tert-alkyl or cyclic N) is 1. The molecule has 8 N–H and O–H groups in total. The van der Waals surface area contributed by atoms with Gasteiger partial charge in [0.05, 0.1) is 18.0 Å². The van der Waals surface area contributed by atoms with E-state index in [4.69, 9.17) is 10.8 Å². The average Bonchev–Trinajstić information content (AvgIpc) is 2.62. The fourth-order valence-corrected chi connectivity index (χ4v) is 3.02. The molecule has 1 saturated heterocycles. The van der Waals surface area contributed by atoms with Gasteiger partial charge in [-0.25, -0.2) is 9.79 Å². The molecule has 1 aromatic carbocycles. The Morgan fingerprint density at radius 1 is 1.26 bits per heavy atom. The van der Waals surface area contributed by atoms with Gasteiger partial charge in [-0.15, -0.1) is 0 Å². The molecule has 0 aromatic heterocycles. The molecule has 1 aromatic rings. The molecule has 0 radical (unpaired) electrons. The van der Waals surface area contributed by atoms with Gasteiger partial charge in [-0.2, -0.15) is 0 Å². The number of aryl methyl sites for hydroxylation is 1. The first-order valence-electron chi connectivity index (χ1n) is 8.25. The second kappa shape index (κ2) is 7.12. The molecule has 3 rings (SSSR count). The number of fused-ring (bicyclic) bond motifs is 2. The lowest BCUT2D eigenvalue weighted by Gasteiger charge is -2.41. The summed E-state index contributed by atoms with van der Waals surface area (Å²) in [5.74, 6) is -0.681. The van der Waals surface area contributed by atoms with Gasteiger partial charge in [-0.05, 0) is 24.6 Å². The number of aliphatic hydroxyl groups excluding tert-OH is 4. The van der Waals surface area contributed by atoms with Crippen LogP contribution in [0.4, 0.5) is 21.9 Å². The number of aliphatic hydroxyl groups is 4. The SMILES string of the molecule is Cc1cc2c(cc1N)N(C[C@H](O)[C@H](O)[C@H](O)CO)C1NC(=O)NC(=O)C1=N2. The van der Waals surface area contributed by atoms with E-state index < -0.39 is 43.0 Å². The van der Waals surface area contributed by atoms with Crippen LogP contribution in [0.25, 0.3) is 0 Å². The Labute approximate surface area is 154 Å². The zero-order chi connectivity index (χ0) is 19.9. The highest BCUT2D eigenvalue weighted by Gasteiger charge is 2.41. The number of hydrogen-bond acceptors (Lipinski definition) is 9. The van der Waals surface area contributed by atoms with Gasteiger partial charge >= 0.3 is 6.03 Å². The van der Waals surface area contributed by atoms with E-state index in [0.29, 0.717) is 17.1 Å². The summed E-state index contributed by atoms with van der Waals surface area (Å²) in [5.41, 5.74) is 7.98. The molecule has 4 atom stereocenters. The van der Waals surface area contributed by atoms with Crippen LogP contribution in [0, 0.1) is 6.92 Å². The van der Waals surface area contributed by atoms with E-state index in [0.717, 1.165) is 5.56 Å². The van der Waals surface area contributed by atoms with Gasteiger partial charge in [-0.1, -0.05) is 0 Å². The van der Waals surface area contributed by atoms with Crippen molar-refractivity contribution in [3.05, 3.63) is 17.7 Å². The van der Waals surface area contributed by atoms with Crippen molar-refractivity contribution in [2.45, 2.75) is 31.4 Å². The van der Waals surface area contributed by atoms with Gasteiger partial charge in [0, 0.05) is 12.2 Å². The quantitative estimate of drug-likeness (QED) is 0.279. The highest BCUT2D eigenvalue weighted by molar-refractivity contribution is 6.46. The van der Waals surface area contributed by atoms with Crippen LogP contribution in [-0.4, -0.2) is 75.7 Å². The molecule has 0 spiro atoms. The number of rotatable bonds is 5. The zero-order valence-electron chi connectivity index (χ0n) is 14.5. The summed E-state index contributed by atoms with van der Waals surface area (Å²) in [6, 6.07) is 2.52. The number of imide groups is 1. The summed E-state index contributed by atoms with van der Waals surface area (Å²) in [6.07, 6.45) is -5.68. The number of carbonyl (C=O) groups is 2. The lowest BCUT2D eigenvalue weighted by molar-refractivity contribution is -0.114. The lowest BCUT2D eigenvalue weighted by atomic mass is 10.0. The van der Waals surface area contributed by atoms with E-state index in [2.05, 4.69) is 15.6 Å². The molecule has 3 amide bonds. The Hall–Kier alpha value is -2.73. The van der Waals surface area contributed by atoms with Gasteiger partial charge in [0.25, 0.3) is 5.91 Å². The van der Waals surface area contributed by atoms with Crippen molar-refractivity contribution in [2.75, 3.05) is 23.8 Å². The minimum Gasteiger partial charge on any atom is -0.398 e. The molecule has 0 aliphatic carbocycles. The van der Waals surface area contributed by atoms with Crippen LogP contribution >= 0.6 is 0 Å². The maximum absolute atomic E-state index is 12.2. The monoisotopic (exact) mass is 379 g/mol. The van der Waals surface area contributed by atoms with Crippen LogP contribution in [0.15, 0.2) is 17.1 Å². The Balaban J connectivity index is 2.02. The molecule has 0 saturated carbocycles. The van der Waals surface area contributed by atoms with E-state index >= 15 is 0 Å². The predicted octanol–water partition coefficient (Wildman–Crippen LogP) is -2.29. The number of nitrogens with one attached hydrogen (secondary N) is 2. The maximum atomic E-state index is 12.2. The van der Waals surface area contributed by atoms with E-state index in [-0.39, 0.29) is 12.3 Å². The number of carbonyl (C=O) groups excluding carboxylic acids is 2. The molecule has 146 valence electrons. The third kappa shape index (κ3) is 3.45. The predicted molar refractivity (Wildman–Crippen MR) is 95.6 cm³/mol. The number of nitrogens with zero attached hydrogens (tertiary/aromatic N) is 2. The van der Waals surface area contributed by atoms with Crippen LogP contribution in [0.1, 0.15) is 5.56 Å². The Morgan fingerprint density at radius 3 is 2.63 bits per heavy atom. The minimum atomic E-state index is -1.64. The molecule has 2 aliphatic heterocycles. The highest BCUT2D eigenvalue weighted by Crippen LogP contribution is 2.38. The molecule has 0 bridgehead atoms. The van der Waals surface area contributed by atoms with Crippen LogP contribution < -0.4 is 21.3 Å². The van der Waals surface area contributed by atoms with Gasteiger partial charge in [0.15, 0.2) is 6.17 Å². The van der Waals surface area contributed by atoms with E-state index in [1.165, 1.54) is 4.90 Å².